The number of anilines is 2. The molecule has 0 atom stereocenters. The Labute approximate surface area is 150 Å². The Bertz CT molecular complexity index is 575. The molecule has 0 aliphatic carbocycles. The molecule has 0 saturated carbocycles. The Morgan fingerprint density at radius 3 is 1.18 bits per heavy atom. The van der Waals surface area contributed by atoms with Crippen LogP contribution in [-0.4, -0.2) is 13.1 Å². The third-order valence-electron chi connectivity index (χ3n) is 3.72. The van der Waals surface area contributed by atoms with Gasteiger partial charge in [0.2, 0.25) is 0 Å². The second kappa shape index (κ2) is 7.51. The lowest BCUT2D eigenvalue weighted by Crippen LogP contribution is -2.16. The first-order chi connectivity index (χ1) is 10.4. The largest absolute Gasteiger partial charge is 0.383 e. The first-order valence-electron chi connectivity index (χ1n) is 7.39. The van der Waals surface area contributed by atoms with E-state index in [1.807, 2.05) is 0 Å². The minimum Gasteiger partial charge on any atom is -0.383 e. The fourth-order valence-corrected chi connectivity index (χ4v) is 4.13. The third kappa shape index (κ3) is 4.26. The molecule has 0 aromatic heterocycles. The SMILES string of the molecule is Cc1cc(Br)cc(C)c1NCCNc1c(C)cc(Br)cc1C. The van der Waals surface area contributed by atoms with Gasteiger partial charge in [0, 0.05) is 33.4 Å². The van der Waals surface area contributed by atoms with Crippen LogP contribution in [0.4, 0.5) is 11.4 Å². The predicted molar refractivity (Wildman–Crippen MR) is 104 cm³/mol. The molecule has 0 aliphatic heterocycles. The van der Waals surface area contributed by atoms with Crippen LogP contribution in [0.2, 0.25) is 0 Å². The number of hydrogen-bond donors (Lipinski definition) is 2. The molecular formula is C18H22Br2N2. The summed E-state index contributed by atoms with van der Waals surface area (Å²) < 4.78 is 2.26. The normalized spacial score (nSPS) is 10.6. The van der Waals surface area contributed by atoms with Gasteiger partial charge in [0.1, 0.15) is 0 Å². The van der Waals surface area contributed by atoms with Crippen LogP contribution in [0.25, 0.3) is 0 Å². The molecule has 0 unspecified atom stereocenters. The van der Waals surface area contributed by atoms with Crippen molar-refractivity contribution in [1.29, 1.82) is 0 Å². The van der Waals surface area contributed by atoms with Gasteiger partial charge in [0.05, 0.1) is 0 Å². The van der Waals surface area contributed by atoms with Crippen molar-refractivity contribution in [1.82, 2.24) is 0 Å². The van der Waals surface area contributed by atoms with E-state index in [0.29, 0.717) is 0 Å². The fourth-order valence-electron chi connectivity index (χ4n) is 2.75. The van der Waals surface area contributed by atoms with Crippen molar-refractivity contribution < 1.29 is 0 Å². The lowest BCUT2D eigenvalue weighted by atomic mass is 10.1. The van der Waals surface area contributed by atoms with Crippen LogP contribution in [0.5, 0.6) is 0 Å². The Morgan fingerprint density at radius 1 is 0.636 bits per heavy atom. The Morgan fingerprint density at radius 2 is 0.909 bits per heavy atom. The molecular weight excluding hydrogens is 404 g/mol. The molecule has 0 amide bonds. The smallest absolute Gasteiger partial charge is 0.0401 e. The van der Waals surface area contributed by atoms with Crippen molar-refractivity contribution >= 4 is 43.2 Å². The topological polar surface area (TPSA) is 24.1 Å². The molecule has 2 N–H and O–H groups in total. The summed E-state index contributed by atoms with van der Waals surface area (Å²) in [7, 11) is 0. The van der Waals surface area contributed by atoms with Crippen LogP contribution in [0.1, 0.15) is 22.3 Å². The summed E-state index contributed by atoms with van der Waals surface area (Å²) in [6.07, 6.45) is 0. The van der Waals surface area contributed by atoms with Crippen LogP contribution >= 0.6 is 31.9 Å². The molecule has 0 spiro atoms. The summed E-state index contributed by atoms with van der Waals surface area (Å²) in [5.41, 5.74) is 7.53. The number of benzene rings is 2. The number of halogens is 2. The molecule has 2 aromatic carbocycles. The van der Waals surface area contributed by atoms with Gasteiger partial charge < -0.3 is 10.6 Å². The Hall–Kier alpha value is -1.000. The maximum Gasteiger partial charge on any atom is 0.0401 e. The monoisotopic (exact) mass is 424 g/mol. The second-order valence-corrected chi connectivity index (χ2v) is 7.51. The summed E-state index contributed by atoms with van der Waals surface area (Å²) in [5, 5.41) is 7.07. The van der Waals surface area contributed by atoms with Crippen molar-refractivity contribution in [2.45, 2.75) is 27.7 Å². The van der Waals surface area contributed by atoms with Gasteiger partial charge in [-0.25, -0.2) is 0 Å². The Balaban J connectivity index is 1.96. The molecule has 0 heterocycles. The molecule has 2 rings (SSSR count). The zero-order valence-electron chi connectivity index (χ0n) is 13.5. The minimum atomic E-state index is 0.887. The molecule has 0 saturated heterocycles. The molecule has 22 heavy (non-hydrogen) atoms. The molecule has 2 nitrogen and oxygen atoms in total. The van der Waals surface area contributed by atoms with Crippen molar-refractivity contribution in [2.24, 2.45) is 0 Å². The lowest BCUT2D eigenvalue weighted by molar-refractivity contribution is 1.06. The van der Waals surface area contributed by atoms with E-state index in [1.54, 1.807) is 0 Å². The molecule has 0 bridgehead atoms. The first kappa shape index (κ1) is 17.4. The summed E-state index contributed by atoms with van der Waals surface area (Å²) in [6, 6.07) is 8.58. The average Bonchev–Trinajstić information content (AvgIpc) is 2.38. The fraction of sp³-hybridized carbons (Fsp3) is 0.333. The third-order valence-corrected chi connectivity index (χ3v) is 4.64. The minimum absolute atomic E-state index is 0.887. The molecule has 0 aliphatic rings. The highest BCUT2D eigenvalue weighted by atomic mass is 79.9. The van der Waals surface area contributed by atoms with Crippen LogP contribution in [0.15, 0.2) is 33.2 Å². The van der Waals surface area contributed by atoms with E-state index in [2.05, 4.69) is 94.5 Å². The van der Waals surface area contributed by atoms with Crippen molar-refractivity contribution in [3.05, 3.63) is 55.5 Å². The van der Waals surface area contributed by atoms with Crippen LogP contribution < -0.4 is 10.6 Å². The average molecular weight is 426 g/mol. The molecule has 118 valence electrons. The maximum atomic E-state index is 3.54. The zero-order chi connectivity index (χ0) is 16.3. The van der Waals surface area contributed by atoms with Gasteiger partial charge in [0.15, 0.2) is 0 Å². The molecule has 4 heteroatoms. The summed E-state index contributed by atoms with van der Waals surface area (Å²) in [5.74, 6) is 0. The second-order valence-electron chi connectivity index (χ2n) is 5.68. The van der Waals surface area contributed by atoms with Gasteiger partial charge >= 0.3 is 0 Å². The highest BCUT2D eigenvalue weighted by Crippen LogP contribution is 2.26. The summed E-state index contributed by atoms with van der Waals surface area (Å²) >= 11 is 7.07. The summed E-state index contributed by atoms with van der Waals surface area (Å²) in [4.78, 5) is 0. The lowest BCUT2D eigenvalue weighted by Gasteiger charge is -2.16. The zero-order valence-corrected chi connectivity index (χ0v) is 16.7. The van der Waals surface area contributed by atoms with Gasteiger partial charge in [-0.05, 0) is 74.2 Å². The van der Waals surface area contributed by atoms with Crippen LogP contribution in [-0.2, 0) is 0 Å². The van der Waals surface area contributed by atoms with Gasteiger partial charge in [-0.2, -0.15) is 0 Å². The quantitative estimate of drug-likeness (QED) is 0.576. The van der Waals surface area contributed by atoms with Gasteiger partial charge in [-0.3, -0.25) is 0 Å². The number of nitrogens with one attached hydrogen (secondary N) is 2. The van der Waals surface area contributed by atoms with E-state index < -0.39 is 0 Å². The number of hydrogen-bond acceptors (Lipinski definition) is 2. The van der Waals surface area contributed by atoms with Crippen molar-refractivity contribution in [3.63, 3.8) is 0 Å². The van der Waals surface area contributed by atoms with E-state index in [1.165, 1.54) is 33.6 Å². The van der Waals surface area contributed by atoms with E-state index in [0.717, 1.165) is 22.0 Å². The van der Waals surface area contributed by atoms with Crippen molar-refractivity contribution in [2.75, 3.05) is 23.7 Å². The van der Waals surface area contributed by atoms with Crippen LogP contribution in [0, 0.1) is 27.7 Å². The first-order valence-corrected chi connectivity index (χ1v) is 8.98. The predicted octanol–water partition coefficient (Wildman–Crippen LogP) is 5.97. The standard InChI is InChI=1S/C18H22Br2N2/c1-11-7-15(19)8-12(2)17(11)21-5-6-22-18-13(3)9-16(20)10-14(18)4/h7-10,21-22H,5-6H2,1-4H3. The van der Waals surface area contributed by atoms with E-state index in [9.17, 15) is 0 Å². The number of rotatable bonds is 5. The van der Waals surface area contributed by atoms with E-state index >= 15 is 0 Å². The van der Waals surface area contributed by atoms with Crippen molar-refractivity contribution in [3.8, 4) is 0 Å². The van der Waals surface area contributed by atoms with E-state index in [4.69, 9.17) is 0 Å². The molecule has 2 aromatic rings. The summed E-state index contributed by atoms with van der Waals surface area (Å²) in [6.45, 7) is 10.3. The maximum absolute atomic E-state index is 3.54. The van der Waals surface area contributed by atoms with Gasteiger partial charge in [-0.1, -0.05) is 31.9 Å². The van der Waals surface area contributed by atoms with Gasteiger partial charge in [-0.15, -0.1) is 0 Å². The van der Waals surface area contributed by atoms with E-state index in [-0.39, 0.29) is 0 Å². The Kier molecular flexibility index (Phi) is 5.93. The molecule has 0 fully saturated rings. The molecule has 0 radical (unpaired) electrons. The van der Waals surface area contributed by atoms with Gasteiger partial charge in [0.25, 0.3) is 0 Å². The highest BCUT2D eigenvalue weighted by Gasteiger charge is 2.05. The number of aryl methyl sites for hydroxylation is 4. The van der Waals surface area contributed by atoms with Crippen LogP contribution in [0.3, 0.4) is 0 Å². The highest BCUT2D eigenvalue weighted by molar-refractivity contribution is 9.10.